The highest BCUT2D eigenvalue weighted by atomic mass is 79.9. The summed E-state index contributed by atoms with van der Waals surface area (Å²) in [5.74, 6) is 0.878. The molecule has 0 aromatic carbocycles. The second-order valence-corrected chi connectivity index (χ2v) is 7.46. The minimum Gasteiger partial charge on any atom is -0.352 e. The average Bonchev–Trinajstić information content (AvgIpc) is 2.92. The van der Waals surface area contributed by atoms with Gasteiger partial charge in [0.2, 0.25) is 0 Å². The molecule has 0 aliphatic heterocycles. The van der Waals surface area contributed by atoms with Crippen LogP contribution in [0.15, 0.2) is 21.7 Å². The Morgan fingerprint density at radius 3 is 2.73 bits per heavy atom. The number of hydrogen-bond donors (Lipinski definition) is 1. The fraction of sp³-hybridized carbons (Fsp3) is 0.467. The van der Waals surface area contributed by atoms with Crippen LogP contribution in [0.5, 0.6) is 0 Å². The molecule has 7 heteroatoms. The summed E-state index contributed by atoms with van der Waals surface area (Å²) in [5, 5.41) is 4.51. The maximum Gasteiger partial charge on any atom is 0.194 e. The van der Waals surface area contributed by atoms with Crippen molar-refractivity contribution in [2.45, 2.75) is 26.9 Å². The second kappa shape index (κ2) is 7.28. The molecule has 0 spiro atoms. The molecular formula is C15H22BrN5S. The molecule has 0 fully saturated rings. The summed E-state index contributed by atoms with van der Waals surface area (Å²) in [5.41, 5.74) is 2.32. The molecular weight excluding hydrogens is 362 g/mol. The summed E-state index contributed by atoms with van der Waals surface area (Å²) in [6.45, 7) is 5.64. The van der Waals surface area contributed by atoms with E-state index in [1.807, 2.05) is 28.1 Å². The highest BCUT2D eigenvalue weighted by Crippen LogP contribution is 2.17. The third-order valence-electron chi connectivity index (χ3n) is 3.45. The number of aromatic nitrogens is 2. The fourth-order valence-electron chi connectivity index (χ4n) is 2.32. The number of aliphatic imine (C=N–C) groups is 1. The van der Waals surface area contributed by atoms with E-state index < -0.39 is 0 Å². The van der Waals surface area contributed by atoms with Crippen molar-refractivity contribution in [1.29, 1.82) is 0 Å². The van der Waals surface area contributed by atoms with Gasteiger partial charge in [-0.15, -0.1) is 11.3 Å². The predicted molar refractivity (Wildman–Crippen MR) is 96.4 cm³/mol. The van der Waals surface area contributed by atoms with E-state index in [1.165, 1.54) is 10.6 Å². The largest absolute Gasteiger partial charge is 0.352 e. The molecule has 22 heavy (non-hydrogen) atoms. The lowest BCUT2D eigenvalue weighted by molar-refractivity contribution is 0.462. The van der Waals surface area contributed by atoms with Gasteiger partial charge in [0.25, 0.3) is 0 Å². The van der Waals surface area contributed by atoms with E-state index in [9.17, 15) is 0 Å². The lowest BCUT2D eigenvalue weighted by Gasteiger charge is -2.22. The first-order chi connectivity index (χ1) is 10.4. The standard InChI is InChI=1S/C15H22BrN5S/c1-10-14(22-11(2)19-10)7-18-15(17-3)21(5)9-13-6-12(16)8-20(13)4/h6,8H,7,9H2,1-5H3,(H,17,18). The lowest BCUT2D eigenvalue weighted by Crippen LogP contribution is -2.38. The Morgan fingerprint density at radius 1 is 1.50 bits per heavy atom. The highest BCUT2D eigenvalue weighted by Gasteiger charge is 2.11. The van der Waals surface area contributed by atoms with Crippen molar-refractivity contribution in [2.24, 2.45) is 12.0 Å². The SMILES string of the molecule is CN=C(NCc1sc(C)nc1C)N(C)Cc1cc(Br)cn1C. The van der Waals surface area contributed by atoms with Crippen molar-refractivity contribution < 1.29 is 0 Å². The van der Waals surface area contributed by atoms with Crippen LogP contribution in [0.4, 0.5) is 0 Å². The van der Waals surface area contributed by atoms with Crippen molar-refractivity contribution >= 4 is 33.2 Å². The maximum atomic E-state index is 4.46. The van der Waals surface area contributed by atoms with Gasteiger partial charge in [-0.1, -0.05) is 0 Å². The molecule has 0 saturated carbocycles. The van der Waals surface area contributed by atoms with Crippen LogP contribution in [0.25, 0.3) is 0 Å². The molecule has 120 valence electrons. The number of halogens is 1. The van der Waals surface area contributed by atoms with E-state index in [2.05, 4.69) is 59.9 Å². The number of rotatable bonds is 4. The molecule has 2 aromatic heterocycles. The van der Waals surface area contributed by atoms with Gasteiger partial charge < -0.3 is 14.8 Å². The van der Waals surface area contributed by atoms with Crippen LogP contribution in [0.2, 0.25) is 0 Å². The van der Waals surface area contributed by atoms with Gasteiger partial charge >= 0.3 is 0 Å². The lowest BCUT2D eigenvalue weighted by atomic mass is 10.4. The molecule has 0 amide bonds. The molecule has 0 aliphatic rings. The molecule has 2 heterocycles. The monoisotopic (exact) mass is 383 g/mol. The molecule has 2 rings (SSSR count). The zero-order chi connectivity index (χ0) is 16.3. The first kappa shape index (κ1) is 17.0. The summed E-state index contributed by atoms with van der Waals surface area (Å²) in [6, 6.07) is 2.13. The Labute approximate surface area is 144 Å². The number of nitrogens with zero attached hydrogens (tertiary/aromatic N) is 4. The quantitative estimate of drug-likeness (QED) is 0.651. The Bertz CT molecular complexity index is 674. The minimum atomic E-state index is 0.755. The summed E-state index contributed by atoms with van der Waals surface area (Å²) in [7, 11) is 5.90. The Balaban J connectivity index is 1.99. The fourth-order valence-corrected chi connectivity index (χ4v) is 3.77. The topological polar surface area (TPSA) is 45.5 Å². The van der Waals surface area contributed by atoms with Crippen LogP contribution in [0.3, 0.4) is 0 Å². The molecule has 0 unspecified atom stereocenters. The second-order valence-electron chi connectivity index (χ2n) is 5.26. The van der Waals surface area contributed by atoms with Crippen molar-refractivity contribution in [1.82, 2.24) is 19.8 Å². The van der Waals surface area contributed by atoms with Gasteiger partial charge in [-0.25, -0.2) is 4.98 Å². The van der Waals surface area contributed by atoms with Crippen LogP contribution in [-0.2, 0) is 20.1 Å². The summed E-state index contributed by atoms with van der Waals surface area (Å²) in [6.07, 6.45) is 2.06. The van der Waals surface area contributed by atoms with Gasteiger partial charge in [-0.3, -0.25) is 4.99 Å². The summed E-state index contributed by atoms with van der Waals surface area (Å²) < 4.78 is 3.21. The van der Waals surface area contributed by atoms with E-state index in [4.69, 9.17) is 0 Å². The molecule has 5 nitrogen and oxygen atoms in total. The van der Waals surface area contributed by atoms with Gasteiger partial charge in [0.15, 0.2) is 5.96 Å². The molecule has 0 aliphatic carbocycles. The van der Waals surface area contributed by atoms with Gasteiger partial charge in [-0.05, 0) is 35.8 Å². The zero-order valence-corrected chi connectivity index (χ0v) is 16.0. The number of nitrogens with one attached hydrogen (secondary N) is 1. The molecule has 1 N–H and O–H groups in total. The molecule has 0 saturated heterocycles. The average molecular weight is 384 g/mol. The first-order valence-electron chi connectivity index (χ1n) is 7.06. The van der Waals surface area contributed by atoms with Gasteiger partial charge in [0, 0.05) is 42.4 Å². The third kappa shape index (κ3) is 4.10. The number of guanidine groups is 1. The molecule has 0 radical (unpaired) electrons. The first-order valence-corrected chi connectivity index (χ1v) is 8.67. The van der Waals surface area contributed by atoms with Gasteiger partial charge in [0.1, 0.15) is 0 Å². The summed E-state index contributed by atoms with van der Waals surface area (Å²) in [4.78, 5) is 12.2. The normalized spacial score (nSPS) is 11.8. The Kier molecular flexibility index (Phi) is 5.63. The Morgan fingerprint density at radius 2 is 2.23 bits per heavy atom. The van der Waals surface area contributed by atoms with Gasteiger partial charge in [-0.2, -0.15) is 0 Å². The summed E-state index contributed by atoms with van der Waals surface area (Å²) >= 11 is 5.24. The van der Waals surface area contributed by atoms with E-state index in [1.54, 1.807) is 11.3 Å². The molecule has 2 aromatic rings. The van der Waals surface area contributed by atoms with E-state index in [0.29, 0.717) is 0 Å². The van der Waals surface area contributed by atoms with Crippen molar-refractivity contribution in [3.05, 3.63) is 38.0 Å². The predicted octanol–water partition coefficient (Wildman–Crippen LogP) is 3.07. The molecule has 0 bridgehead atoms. The number of aryl methyl sites for hydroxylation is 3. The van der Waals surface area contributed by atoms with Crippen LogP contribution in [0, 0.1) is 13.8 Å². The van der Waals surface area contributed by atoms with Crippen LogP contribution >= 0.6 is 27.3 Å². The van der Waals surface area contributed by atoms with E-state index in [0.717, 1.165) is 34.2 Å². The van der Waals surface area contributed by atoms with Crippen LogP contribution in [-0.4, -0.2) is 34.5 Å². The third-order valence-corrected chi connectivity index (χ3v) is 4.96. The zero-order valence-electron chi connectivity index (χ0n) is 13.6. The van der Waals surface area contributed by atoms with Gasteiger partial charge in [0.05, 0.1) is 23.8 Å². The van der Waals surface area contributed by atoms with Crippen molar-refractivity contribution in [2.75, 3.05) is 14.1 Å². The smallest absolute Gasteiger partial charge is 0.194 e. The number of hydrogen-bond acceptors (Lipinski definition) is 3. The van der Waals surface area contributed by atoms with Crippen LogP contribution < -0.4 is 5.32 Å². The number of thiazole rings is 1. The molecule has 0 atom stereocenters. The minimum absolute atomic E-state index is 0.755. The van der Waals surface area contributed by atoms with Crippen molar-refractivity contribution in [3.8, 4) is 0 Å². The Hall–Kier alpha value is -1.34. The van der Waals surface area contributed by atoms with E-state index in [-0.39, 0.29) is 0 Å². The van der Waals surface area contributed by atoms with E-state index >= 15 is 0 Å². The van der Waals surface area contributed by atoms with Crippen LogP contribution in [0.1, 0.15) is 21.3 Å². The maximum absolute atomic E-state index is 4.46. The highest BCUT2D eigenvalue weighted by molar-refractivity contribution is 9.10. The van der Waals surface area contributed by atoms with Crippen molar-refractivity contribution in [3.63, 3.8) is 0 Å².